The van der Waals surface area contributed by atoms with Crippen molar-refractivity contribution in [2.75, 3.05) is 26.7 Å². The van der Waals surface area contributed by atoms with Gasteiger partial charge in [-0.15, -0.1) is 0 Å². The summed E-state index contributed by atoms with van der Waals surface area (Å²) in [5, 5.41) is 4.29. The first-order valence-corrected chi connectivity index (χ1v) is 8.81. The maximum atomic E-state index is 11.8. The molecule has 3 heterocycles. The molecule has 1 aromatic carbocycles. The summed E-state index contributed by atoms with van der Waals surface area (Å²) in [4.78, 5) is 15.9. The van der Waals surface area contributed by atoms with Gasteiger partial charge in [0.25, 0.3) is 0 Å². The molecule has 25 heavy (non-hydrogen) atoms. The van der Waals surface area contributed by atoms with Gasteiger partial charge >= 0.3 is 6.09 Å². The number of carbonyl (C=O) groups is 1. The summed E-state index contributed by atoms with van der Waals surface area (Å²) < 4.78 is 7.58. The number of rotatable bonds is 3. The van der Waals surface area contributed by atoms with Crippen LogP contribution in [-0.4, -0.2) is 58.0 Å². The summed E-state index contributed by atoms with van der Waals surface area (Å²) in [5.41, 5.74) is 3.32. The minimum absolute atomic E-state index is 0.193. The molecule has 2 aliphatic heterocycles. The molecule has 1 amide bonds. The molecule has 0 N–H and O–H groups in total. The van der Waals surface area contributed by atoms with Crippen molar-refractivity contribution in [2.45, 2.75) is 31.9 Å². The van der Waals surface area contributed by atoms with Gasteiger partial charge in [-0.3, -0.25) is 4.90 Å². The number of piperidine rings is 1. The molecule has 2 aliphatic rings. The van der Waals surface area contributed by atoms with E-state index < -0.39 is 0 Å². The molecular weight excluding hydrogens is 316 g/mol. The summed E-state index contributed by atoms with van der Waals surface area (Å²) in [6.45, 7) is 5.58. The fraction of sp³-hybridized carbons (Fsp3) is 0.474. The highest BCUT2D eigenvalue weighted by Gasteiger charge is 2.46. The van der Waals surface area contributed by atoms with Crippen LogP contribution in [0.5, 0.6) is 0 Å². The van der Waals surface area contributed by atoms with E-state index in [9.17, 15) is 4.79 Å². The van der Waals surface area contributed by atoms with E-state index in [-0.39, 0.29) is 11.7 Å². The van der Waals surface area contributed by atoms with Crippen LogP contribution in [0.15, 0.2) is 36.7 Å². The number of hydrogen-bond acceptors (Lipinski definition) is 4. The van der Waals surface area contributed by atoms with E-state index in [0.29, 0.717) is 6.54 Å². The van der Waals surface area contributed by atoms with Crippen molar-refractivity contribution in [3.8, 4) is 5.69 Å². The van der Waals surface area contributed by atoms with Gasteiger partial charge in [0.2, 0.25) is 0 Å². The number of benzene rings is 1. The minimum Gasteiger partial charge on any atom is -0.440 e. The number of hydrogen-bond donors (Lipinski definition) is 0. The van der Waals surface area contributed by atoms with Crippen molar-refractivity contribution >= 4 is 6.09 Å². The van der Waals surface area contributed by atoms with Crippen LogP contribution in [0.1, 0.15) is 24.0 Å². The summed E-state index contributed by atoms with van der Waals surface area (Å²) >= 11 is 0. The van der Waals surface area contributed by atoms with Gasteiger partial charge in [-0.05, 0) is 55.6 Å². The van der Waals surface area contributed by atoms with Crippen LogP contribution in [0.3, 0.4) is 0 Å². The van der Waals surface area contributed by atoms with Crippen molar-refractivity contribution < 1.29 is 9.53 Å². The molecule has 4 rings (SSSR count). The quantitative estimate of drug-likeness (QED) is 0.862. The Balaban J connectivity index is 1.48. The number of carbonyl (C=O) groups excluding carboxylic acids is 1. The van der Waals surface area contributed by atoms with Gasteiger partial charge in [0.1, 0.15) is 5.60 Å². The summed E-state index contributed by atoms with van der Waals surface area (Å²) in [7, 11) is 1.81. The zero-order valence-electron chi connectivity index (χ0n) is 14.8. The second-order valence-electron chi connectivity index (χ2n) is 7.28. The van der Waals surface area contributed by atoms with Crippen molar-refractivity contribution in [3.63, 3.8) is 0 Å². The number of aryl methyl sites for hydroxylation is 1. The van der Waals surface area contributed by atoms with Gasteiger partial charge in [-0.1, -0.05) is 6.07 Å². The Morgan fingerprint density at radius 1 is 1.32 bits per heavy atom. The number of likely N-dealkylation sites (N-methyl/N-ethyl adjacent to an activating group) is 1. The fourth-order valence-electron chi connectivity index (χ4n) is 3.99. The molecule has 1 spiro atoms. The topological polar surface area (TPSA) is 50.6 Å². The molecule has 132 valence electrons. The van der Waals surface area contributed by atoms with Gasteiger partial charge < -0.3 is 9.64 Å². The average Bonchev–Trinajstić information content (AvgIpc) is 3.19. The van der Waals surface area contributed by atoms with E-state index in [1.165, 1.54) is 11.1 Å². The van der Waals surface area contributed by atoms with E-state index in [4.69, 9.17) is 4.74 Å². The zero-order valence-corrected chi connectivity index (χ0v) is 14.8. The Morgan fingerprint density at radius 2 is 2.20 bits per heavy atom. The van der Waals surface area contributed by atoms with Crippen LogP contribution in [-0.2, 0) is 11.3 Å². The molecule has 2 aromatic rings. The highest BCUT2D eigenvalue weighted by atomic mass is 16.6. The molecule has 6 nitrogen and oxygen atoms in total. The lowest BCUT2D eigenvalue weighted by Gasteiger charge is -2.38. The first-order chi connectivity index (χ1) is 12.0. The molecule has 0 aliphatic carbocycles. The molecule has 1 aromatic heterocycles. The number of amides is 1. The van der Waals surface area contributed by atoms with Gasteiger partial charge in [-0.25, -0.2) is 9.48 Å². The fourth-order valence-corrected chi connectivity index (χ4v) is 3.99. The largest absolute Gasteiger partial charge is 0.440 e. The van der Waals surface area contributed by atoms with Crippen LogP contribution in [0.2, 0.25) is 0 Å². The number of likely N-dealkylation sites (tertiary alicyclic amines) is 1. The third-order valence-electron chi connectivity index (χ3n) is 5.25. The normalized spacial score (nSPS) is 24.1. The van der Waals surface area contributed by atoms with E-state index in [1.54, 1.807) is 11.1 Å². The van der Waals surface area contributed by atoms with Gasteiger partial charge in [-0.2, -0.15) is 5.10 Å². The lowest BCUT2D eigenvalue weighted by atomic mass is 9.92. The molecular formula is C19H24N4O2. The highest BCUT2D eigenvalue weighted by molar-refractivity contribution is 5.70. The first kappa shape index (κ1) is 16.1. The van der Waals surface area contributed by atoms with Crippen molar-refractivity contribution in [1.29, 1.82) is 0 Å². The van der Waals surface area contributed by atoms with E-state index in [2.05, 4.69) is 35.1 Å². The third kappa shape index (κ3) is 3.14. The van der Waals surface area contributed by atoms with E-state index in [1.807, 2.05) is 24.0 Å². The Labute approximate surface area is 148 Å². The van der Waals surface area contributed by atoms with Crippen LogP contribution in [0, 0.1) is 6.92 Å². The Hall–Kier alpha value is -2.34. The highest BCUT2D eigenvalue weighted by Crippen LogP contribution is 2.32. The SMILES string of the molecule is Cc1cc(-n2cccn2)ccc1CN1CCC[C@]2(C1)CN(C)C(=O)O2. The predicted molar refractivity (Wildman–Crippen MR) is 94.7 cm³/mol. The monoisotopic (exact) mass is 340 g/mol. The van der Waals surface area contributed by atoms with E-state index in [0.717, 1.165) is 38.2 Å². The Morgan fingerprint density at radius 3 is 2.88 bits per heavy atom. The van der Waals surface area contributed by atoms with Crippen LogP contribution in [0.25, 0.3) is 5.69 Å². The number of nitrogens with zero attached hydrogens (tertiary/aromatic N) is 4. The summed E-state index contributed by atoms with van der Waals surface area (Å²) in [5.74, 6) is 0. The van der Waals surface area contributed by atoms with Gasteiger partial charge in [0, 0.05) is 32.5 Å². The molecule has 6 heteroatoms. The Bertz CT molecular complexity index is 774. The van der Waals surface area contributed by atoms with Crippen molar-refractivity contribution in [3.05, 3.63) is 47.8 Å². The van der Waals surface area contributed by atoms with Gasteiger partial charge in [0.15, 0.2) is 0 Å². The lowest BCUT2D eigenvalue weighted by molar-refractivity contribution is -0.0114. The molecule has 2 fully saturated rings. The maximum Gasteiger partial charge on any atom is 0.410 e. The molecule has 0 radical (unpaired) electrons. The first-order valence-electron chi connectivity index (χ1n) is 8.81. The maximum absolute atomic E-state index is 11.8. The standard InChI is InChI=1S/C19H24N4O2/c1-15-11-17(23-10-4-8-20-23)6-5-16(15)12-22-9-3-7-19(14-22)13-21(2)18(24)25-19/h4-6,8,10-11H,3,7,9,12-14H2,1-2H3/t19-/m1/s1. The third-order valence-corrected chi connectivity index (χ3v) is 5.25. The zero-order chi connectivity index (χ0) is 17.4. The lowest BCUT2D eigenvalue weighted by Crippen LogP contribution is -2.50. The molecule has 0 saturated carbocycles. The minimum atomic E-state index is -0.326. The van der Waals surface area contributed by atoms with Gasteiger partial charge in [0.05, 0.1) is 12.2 Å². The van der Waals surface area contributed by atoms with Crippen LogP contribution in [0.4, 0.5) is 4.79 Å². The molecule has 0 unspecified atom stereocenters. The van der Waals surface area contributed by atoms with Crippen molar-refractivity contribution in [2.24, 2.45) is 0 Å². The molecule has 2 saturated heterocycles. The smallest absolute Gasteiger partial charge is 0.410 e. The van der Waals surface area contributed by atoms with Crippen LogP contribution >= 0.6 is 0 Å². The second-order valence-corrected chi connectivity index (χ2v) is 7.28. The van der Waals surface area contributed by atoms with Crippen LogP contribution < -0.4 is 0 Å². The number of aromatic nitrogens is 2. The average molecular weight is 340 g/mol. The molecule has 0 bridgehead atoms. The summed E-state index contributed by atoms with van der Waals surface area (Å²) in [6, 6.07) is 8.39. The van der Waals surface area contributed by atoms with Crippen molar-refractivity contribution in [1.82, 2.24) is 19.6 Å². The number of ether oxygens (including phenoxy) is 1. The Kier molecular flexibility index (Phi) is 4.00. The predicted octanol–water partition coefficient (Wildman–Crippen LogP) is 2.60. The molecule has 1 atom stereocenters. The summed E-state index contributed by atoms with van der Waals surface area (Å²) in [6.07, 6.45) is 5.56. The second kappa shape index (κ2) is 6.19. The van der Waals surface area contributed by atoms with E-state index >= 15 is 0 Å².